The highest BCUT2D eigenvalue weighted by Gasteiger charge is 2.01. The van der Waals surface area contributed by atoms with Gasteiger partial charge in [-0.3, -0.25) is 9.11 Å². The van der Waals surface area contributed by atoms with Crippen molar-refractivity contribution in [1.82, 2.24) is 0 Å². The smallest absolute Gasteiger partial charge is 0.394 e. The van der Waals surface area contributed by atoms with E-state index >= 15 is 0 Å². The Labute approximate surface area is 137 Å². The number of rotatable bonds is 13. The van der Waals surface area contributed by atoms with E-state index < -0.39 is 10.4 Å². The Hall–Kier alpha value is -0.170. The summed E-state index contributed by atoms with van der Waals surface area (Å²) in [6.45, 7) is 4.96. The summed E-state index contributed by atoms with van der Waals surface area (Å²) in [4.78, 5) is 0. The molecule has 22 heavy (non-hydrogen) atoms. The summed E-state index contributed by atoms with van der Waals surface area (Å²) >= 11 is 0. The molecule has 0 fully saturated rings. The average molecular weight is 341 g/mol. The number of hydrogen-bond donors (Lipinski definition) is 3. The lowest BCUT2D eigenvalue weighted by molar-refractivity contribution is 0.270. The maximum Gasteiger partial charge on any atom is 0.394 e. The SMILES string of the molecule is CCCCCCCCCCCC(C)CCCO.O=S(=O)(O)O. The number of hydrogen-bond acceptors (Lipinski definition) is 3. The van der Waals surface area contributed by atoms with Gasteiger partial charge in [-0.25, -0.2) is 0 Å². The monoisotopic (exact) mass is 340 g/mol. The number of unbranched alkanes of at least 4 members (excludes halogenated alkanes) is 8. The van der Waals surface area contributed by atoms with Gasteiger partial charge in [0.25, 0.3) is 0 Å². The summed E-state index contributed by atoms with van der Waals surface area (Å²) in [6.07, 6.45) is 16.3. The fourth-order valence-electron chi connectivity index (χ4n) is 2.39. The van der Waals surface area contributed by atoms with Crippen molar-refractivity contribution >= 4 is 10.4 Å². The Bertz CT molecular complexity index is 296. The maximum atomic E-state index is 8.75. The molecule has 136 valence electrons. The van der Waals surface area contributed by atoms with Crippen molar-refractivity contribution in [2.24, 2.45) is 5.92 Å². The summed E-state index contributed by atoms with van der Waals surface area (Å²) < 4.78 is 31.6. The molecule has 0 aliphatic carbocycles. The zero-order chi connectivity index (χ0) is 17.3. The minimum absolute atomic E-state index is 0.363. The van der Waals surface area contributed by atoms with Gasteiger partial charge in [-0.1, -0.05) is 78.1 Å². The highest BCUT2D eigenvalue weighted by Crippen LogP contribution is 2.16. The molecule has 3 N–H and O–H groups in total. The van der Waals surface area contributed by atoms with Crippen LogP contribution in [0.3, 0.4) is 0 Å². The Morgan fingerprint density at radius 1 is 0.773 bits per heavy atom. The highest BCUT2D eigenvalue weighted by molar-refractivity contribution is 7.79. The van der Waals surface area contributed by atoms with E-state index in [1.807, 2.05) is 0 Å². The van der Waals surface area contributed by atoms with E-state index in [-0.39, 0.29) is 0 Å². The summed E-state index contributed by atoms with van der Waals surface area (Å²) in [6, 6.07) is 0. The van der Waals surface area contributed by atoms with Crippen LogP contribution in [0.15, 0.2) is 0 Å². The first-order valence-corrected chi connectivity index (χ1v) is 10.0. The zero-order valence-electron chi connectivity index (χ0n) is 14.3. The molecule has 0 aromatic heterocycles. The third kappa shape index (κ3) is 32.0. The summed E-state index contributed by atoms with van der Waals surface area (Å²) in [5, 5.41) is 8.75. The topological polar surface area (TPSA) is 94.8 Å². The zero-order valence-corrected chi connectivity index (χ0v) is 15.2. The van der Waals surface area contributed by atoms with E-state index in [2.05, 4.69) is 13.8 Å². The van der Waals surface area contributed by atoms with Crippen LogP contribution in [0.2, 0.25) is 0 Å². The van der Waals surface area contributed by atoms with E-state index in [1.165, 1.54) is 70.6 Å². The summed E-state index contributed by atoms with van der Waals surface area (Å²) in [5.74, 6) is 0.812. The van der Waals surface area contributed by atoms with Gasteiger partial charge in [0, 0.05) is 6.61 Å². The lowest BCUT2D eigenvalue weighted by atomic mass is 9.97. The van der Waals surface area contributed by atoms with Crippen LogP contribution in [0, 0.1) is 5.92 Å². The van der Waals surface area contributed by atoms with Gasteiger partial charge >= 0.3 is 10.4 Å². The van der Waals surface area contributed by atoms with E-state index in [4.69, 9.17) is 22.6 Å². The van der Waals surface area contributed by atoms with Crippen molar-refractivity contribution in [1.29, 1.82) is 0 Å². The highest BCUT2D eigenvalue weighted by atomic mass is 32.3. The molecular formula is C16H36O5S. The fourth-order valence-corrected chi connectivity index (χ4v) is 2.39. The molecule has 0 rings (SSSR count). The van der Waals surface area contributed by atoms with Crippen molar-refractivity contribution in [3.05, 3.63) is 0 Å². The lowest BCUT2D eigenvalue weighted by Crippen LogP contribution is -1.96. The molecule has 0 saturated heterocycles. The second-order valence-corrected chi connectivity index (χ2v) is 6.93. The standard InChI is InChI=1S/C16H34O.H2O4S/c1-3-4-5-6-7-8-9-10-11-13-16(2)14-12-15-17;1-5(2,3)4/h16-17H,3-15H2,1-2H3;(H2,1,2,3,4). The predicted molar refractivity (Wildman–Crippen MR) is 91.5 cm³/mol. The Morgan fingerprint density at radius 3 is 1.55 bits per heavy atom. The van der Waals surface area contributed by atoms with Gasteiger partial charge in [-0.2, -0.15) is 8.42 Å². The molecule has 0 radical (unpaired) electrons. The molecule has 0 spiro atoms. The second kappa shape index (κ2) is 17.2. The Balaban J connectivity index is 0. The van der Waals surface area contributed by atoms with Crippen molar-refractivity contribution in [3.63, 3.8) is 0 Å². The fraction of sp³-hybridized carbons (Fsp3) is 1.00. The van der Waals surface area contributed by atoms with Crippen molar-refractivity contribution in [3.8, 4) is 0 Å². The molecule has 6 heteroatoms. The van der Waals surface area contributed by atoms with Crippen molar-refractivity contribution in [2.75, 3.05) is 6.61 Å². The molecule has 0 aromatic rings. The van der Waals surface area contributed by atoms with Crippen LogP contribution in [0.1, 0.15) is 90.9 Å². The molecule has 0 saturated carbocycles. The molecule has 1 unspecified atom stereocenters. The number of aliphatic hydroxyl groups is 1. The van der Waals surface area contributed by atoms with Gasteiger partial charge in [-0.05, 0) is 18.8 Å². The summed E-state index contributed by atoms with van der Waals surface area (Å²) in [7, 11) is -4.67. The van der Waals surface area contributed by atoms with Crippen LogP contribution in [0.4, 0.5) is 0 Å². The first-order valence-electron chi connectivity index (χ1n) is 8.62. The van der Waals surface area contributed by atoms with Crippen LogP contribution in [-0.2, 0) is 10.4 Å². The first kappa shape index (κ1) is 24.1. The van der Waals surface area contributed by atoms with Gasteiger partial charge in [0.2, 0.25) is 0 Å². The predicted octanol–water partition coefficient (Wildman–Crippen LogP) is 4.66. The minimum Gasteiger partial charge on any atom is -0.396 e. The third-order valence-corrected chi connectivity index (χ3v) is 3.66. The van der Waals surface area contributed by atoms with Gasteiger partial charge in [0.05, 0.1) is 0 Å². The maximum absolute atomic E-state index is 8.75. The van der Waals surface area contributed by atoms with Gasteiger partial charge in [0.1, 0.15) is 0 Å². The molecule has 0 amide bonds. The minimum atomic E-state index is -4.67. The molecular weight excluding hydrogens is 304 g/mol. The molecule has 5 nitrogen and oxygen atoms in total. The lowest BCUT2D eigenvalue weighted by Gasteiger charge is -2.09. The molecule has 0 aliphatic rings. The van der Waals surface area contributed by atoms with Crippen LogP contribution >= 0.6 is 0 Å². The molecule has 0 aliphatic heterocycles. The average Bonchev–Trinajstić information content (AvgIpc) is 2.41. The third-order valence-electron chi connectivity index (χ3n) is 3.66. The van der Waals surface area contributed by atoms with Crippen LogP contribution in [-0.4, -0.2) is 29.2 Å². The summed E-state index contributed by atoms with van der Waals surface area (Å²) in [5.41, 5.74) is 0. The molecule has 1 atom stereocenters. The van der Waals surface area contributed by atoms with Crippen molar-refractivity contribution in [2.45, 2.75) is 90.9 Å². The number of aliphatic hydroxyl groups excluding tert-OH is 1. The van der Waals surface area contributed by atoms with Crippen LogP contribution < -0.4 is 0 Å². The normalized spacial score (nSPS) is 12.6. The first-order chi connectivity index (χ1) is 10.3. The molecule has 0 heterocycles. The molecule has 0 bridgehead atoms. The van der Waals surface area contributed by atoms with E-state index in [9.17, 15) is 0 Å². The van der Waals surface area contributed by atoms with Gasteiger partial charge in [0.15, 0.2) is 0 Å². The van der Waals surface area contributed by atoms with E-state index in [0.717, 1.165) is 12.3 Å². The van der Waals surface area contributed by atoms with Crippen LogP contribution in [0.25, 0.3) is 0 Å². The molecule has 0 aromatic carbocycles. The Morgan fingerprint density at radius 2 is 1.14 bits per heavy atom. The van der Waals surface area contributed by atoms with Gasteiger partial charge < -0.3 is 5.11 Å². The quantitative estimate of drug-likeness (QED) is 0.335. The largest absolute Gasteiger partial charge is 0.396 e. The second-order valence-electron chi connectivity index (χ2n) is 6.04. The van der Waals surface area contributed by atoms with E-state index in [1.54, 1.807) is 0 Å². The Kier molecular flexibility index (Phi) is 18.8. The van der Waals surface area contributed by atoms with Crippen molar-refractivity contribution < 1.29 is 22.6 Å². The van der Waals surface area contributed by atoms with Gasteiger partial charge in [-0.15, -0.1) is 0 Å². The van der Waals surface area contributed by atoms with E-state index in [0.29, 0.717) is 6.61 Å². The van der Waals surface area contributed by atoms with Crippen LogP contribution in [0.5, 0.6) is 0 Å².